The third-order valence-corrected chi connectivity index (χ3v) is 4.25. The molecule has 0 aromatic heterocycles. The van der Waals surface area contributed by atoms with Gasteiger partial charge in [-0.05, 0) is 48.7 Å². The van der Waals surface area contributed by atoms with E-state index in [9.17, 15) is 0 Å². The van der Waals surface area contributed by atoms with Gasteiger partial charge < -0.3 is 4.90 Å². The molecular formula is C17H19Cl2N. The summed E-state index contributed by atoms with van der Waals surface area (Å²) in [6.45, 7) is 4.30. The Kier molecular flexibility index (Phi) is 4.95. The van der Waals surface area contributed by atoms with Gasteiger partial charge in [-0.15, -0.1) is 11.6 Å². The lowest BCUT2D eigenvalue weighted by Crippen LogP contribution is -2.22. The van der Waals surface area contributed by atoms with Crippen molar-refractivity contribution in [1.29, 1.82) is 0 Å². The molecule has 0 radical (unpaired) electrons. The number of hydrogen-bond acceptors (Lipinski definition) is 1. The minimum atomic E-state index is 0.259. The molecule has 0 heterocycles. The van der Waals surface area contributed by atoms with E-state index in [1.165, 1.54) is 16.8 Å². The zero-order valence-electron chi connectivity index (χ0n) is 12.0. The first kappa shape index (κ1) is 15.2. The van der Waals surface area contributed by atoms with Crippen LogP contribution in [0.4, 0.5) is 5.69 Å². The van der Waals surface area contributed by atoms with E-state index in [0.717, 1.165) is 10.6 Å². The molecule has 0 saturated heterocycles. The minimum Gasteiger partial charge on any atom is -0.368 e. The van der Waals surface area contributed by atoms with Crippen molar-refractivity contribution in [2.75, 3.05) is 11.9 Å². The van der Waals surface area contributed by atoms with Gasteiger partial charge in [-0.25, -0.2) is 0 Å². The van der Waals surface area contributed by atoms with Crippen LogP contribution < -0.4 is 4.90 Å². The fraction of sp³-hybridized carbons (Fsp3) is 0.294. The Labute approximate surface area is 131 Å². The summed E-state index contributed by atoms with van der Waals surface area (Å²) in [5.41, 5.74) is 4.81. The topological polar surface area (TPSA) is 3.24 Å². The maximum absolute atomic E-state index is 6.08. The maximum Gasteiger partial charge on any atom is 0.0511 e. The highest BCUT2D eigenvalue weighted by molar-refractivity contribution is 6.30. The molecule has 0 aliphatic heterocycles. The molecule has 20 heavy (non-hydrogen) atoms. The second-order valence-electron chi connectivity index (χ2n) is 5.10. The third-order valence-electron chi connectivity index (χ3n) is 3.71. The Morgan fingerprint density at radius 2 is 1.90 bits per heavy atom. The van der Waals surface area contributed by atoms with Gasteiger partial charge >= 0.3 is 0 Å². The van der Waals surface area contributed by atoms with Crippen LogP contribution in [0, 0.1) is 6.92 Å². The summed E-state index contributed by atoms with van der Waals surface area (Å²) >= 11 is 12.0. The Bertz CT molecular complexity index is 595. The molecule has 2 aromatic rings. The van der Waals surface area contributed by atoms with Crippen molar-refractivity contribution in [3.05, 3.63) is 64.2 Å². The van der Waals surface area contributed by atoms with E-state index in [-0.39, 0.29) is 6.04 Å². The van der Waals surface area contributed by atoms with E-state index in [0.29, 0.717) is 5.88 Å². The van der Waals surface area contributed by atoms with Crippen LogP contribution in [-0.4, -0.2) is 7.05 Å². The smallest absolute Gasteiger partial charge is 0.0511 e. The second kappa shape index (κ2) is 6.51. The van der Waals surface area contributed by atoms with E-state index < -0.39 is 0 Å². The molecule has 0 saturated carbocycles. The summed E-state index contributed by atoms with van der Waals surface area (Å²) in [6, 6.07) is 14.6. The standard InChI is InChI=1S/C17H19Cl2N/c1-12-9-14(11-18)7-8-17(12)20(3)13(2)15-5-4-6-16(19)10-15/h4-10,13H,11H2,1-3H3. The maximum atomic E-state index is 6.08. The van der Waals surface area contributed by atoms with Crippen molar-refractivity contribution in [3.63, 3.8) is 0 Å². The quantitative estimate of drug-likeness (QED) is 0.666. The zero-order chi connectivity index (χ0) is 14.7. The van der Waals surface area contributed by atoms with E-state index in [4.69, 9.17) is 23.2 Å². The molecule has 106 valence electrons. The number of rotatable bonds is 4. The van der Waals surface area contributed by atoms with Gasteiger partial charge in [0.25, 0.3) is 0 Å². The van der Waals surface area contributed by atoms with E-state index in [1.54, 1.807) is 0 Å². The SMILES string of the molecule is Cc1cc(CCl)ccc1N(C)C(C)c1cccc(Cl)c1. The Morgan fingerprint density at radius 3 is 2.50 bits per heavy atom. The van der Waals surface area contributed by atoms with Crippen LogP contribution in [-0.2, 0) is 5.88 Å². The van der Waals surface area contributed by atoms with Crippen molar-refractivity contribution in [2.24, 2.45) is 0 Å². The molecule has 3 heteroatoms. The Hall–Kier alpha value is -1.18. The highest BCUT2D eigenvalue weighted by Crippen LogP contribution is 2.29. The molecule has 0 bridgehead atoms. The normalized spacial score (nSPS) is 12.2. The summed E-state index contributed by atoms with van der Waals surface area (Å²) in [6.07, 6.45) is 0. The van der Waals surface area contributed by atoms with Crippen LogP contribution >= 0.6 is 23.2 Å². The summed E-state index contributed by atoms with van der Waals surface area (Å²) in [5, 5.41) is 0.775. The van der Waals surface area contributed by atoms with Gasteiger partial charge in [-0.2, -0.15) is 0 Å². The summed E-state index contributed by atoms with van der Waals surface area (Å²) in [4.78, 5) is 2.26. The number of aryl methyl sites for hydroxylation is 1. The number of halogens is 2. The van der Waals surface area contributed by atoms with Crippen LogP contribution in [0.25, 0.3) is 0 Å². The first-order chi connectivity index (χ1) is 9.52. The highest BCUT2D eigenvalue weighted by atomic mass is 35.5. The van der Waals surface area contributed by atoms with E-state index >= 15 is 0 Å². The van der Waals surface area contributed by atoms with Gasteiger partial charge in [0.2, 0.25) is 0 Å². The fourth-order valence-corrected chi connectivity index (χ4v) is 2.76. The predicted octanol–water partition coefficient (Wildman–Crippen LogP) is 5.58. The molecule has 0 fully saturated rings. The number of hydrogen-bond donors (Lipinski definition) is 0. The number of anilines is 1. The van der Waals surface area contributed by atoms with Crippen LogP contribution in [0.1, 0.15) is 29.7 Å². The molecule has 0 N–H and O–H groups in total. The molecule has 0 amide bonds. The van der Waals surface area contributed by atoms with Gasteiger partial charge in [0.1, 0.15) is 0 Å². The van der Waals surface area contributed by atoms with Gasteiger partial charge in [0, 0.05) is 23.6 Å². The first-order valence-corrected chi connectivity index (χ1v) is 7.58. The molecule has 1 atom stereocenters. The molecule has 1 unspecified atom stereocenters. The Morgan fingerprint density at radius 1 is 1.15 bits per heavy atom. The lowest BCUT2D eigenvalue weighted by atomic mass is 10.0. The monoisotopic (exact) mass is 307 g/mol. The molecule has 2 rings (SSSR count). The van der Waals surface area contributed by atoms with Crippen molar-refractivity contribution >= 4 is 28.9 Å². The minimum absolute atomic E-state index is 0.259. The molecule has 0 spiro atoms. The van der Waals surface area contributed by atoms with Crippen LogP contribution in [0.2, 0.25) is 5.02 Å². The van der Waals surface area contributed by atoms with Crippen LogP contribution in [0.3, 0.4) is 0 Å². The average molecular weight is 308 g/mol. The largest absolute Gasteiger partial charge is 0.368 e. The summed E-state index contributed by atoms with van der Waals surface area (Å²) < 4.78 is 0. The van der Waals surface area contributed by atoms with Crippen molar-refractivity contribution in [1.82, 2.24) is 0 Å². The third kappa shape index (κ3) is 3.28. The lowest BCUT2D eigenvalue weighted by Gasteiger charge is -2.29. The van der Waals surface area contributed by atoms with Gasteiger partial charge in [0.05, 0.1) is 6.04 Å². The van der Waals surface area contributed by atoms with Crippen molar-refractivity contribution in [2.45, 2.75) is 25.8 Å². The predicted molar refractivity (Wildman–Crippen MR) is 89.0 cm³/mol. The Balaban J connectivity index is 2.28. The molecule has 1 nitrogen and oxygen atoms in total. The highest BCUT2D eigenvalue weighted by Gasteiger charge is 2.14. The van der Waals surface area contributed by atoms with Crippen LogP contribution in [0.5, 0.6) is 0 Å². The van der Waals surface area contributed by atoms with Crippen LogP contribution in [0.15, 0.2) is 42.5 Å². The molecular weight excluding hydrogens is 289 g/mol. The van der Waals surface area contributed by atoms with Gasteiger partial charge in [0.15, 0.2) is 0 Å². The summed E-state index contributed by atoms with van der Waals surface area (Å²) in [5.74, 6) is 0.550. The first-order valence-electron chi connectivity index (χ1n) is 6.66. The average Bonchev–Trinajstić information content (AvgIpc) is 2.45. The number of benzene rings is 2. The van der Waals surface area contributed by atoms with E-state index in [1.807, 2.05) is 18.2 Å². The summed E-state index contributed by atoms with van der Waals surface area (Å²) in [7, 11) is 2.11. The molecule has 2 aromatic carbocycles. The van der Waals surface area contributed by atoms with E-state index in [2.05, 4.69) is 50.1 Å². The van der Waals surface area contributed by atoms with Crippen molar-refractivity contribution in [3.8, 4) is 0 Å². The lowest BCUT2D eigenvalue weighted by molar-refractivity contribution is 0.737. The van der Waals surface area contributed by atoms with Gasteiger partial charge in [-0.1, -0.05) is 35.9 Å². The van der Waals surface area contributed by atoms with Gasteiger partial charge in [-0.3, -0.25) is 0 Å². The van der Waals surface area contributed by atoms with Crippen molar-refractivity contribution < 1.29 is 0 Å². The fourth-order valence-electron chi connectivity index (χ4n) is 2.40. The number of alkyl halides is 1. The molecule has 0 aliphatic carbocycles. The number of nitrogens with zero attached hydrogens (tertiary/aromatic N) is 1. The second-order valence-corrected chi connectivity index (χ2v) is 5.80. The zero-order valence-corrected chi connectivity index (χ0v) is 13.5. The molecule has 0 aliphatic rings.